The number of nitrogens with two attached hydrogens (primary N) is 1. The minimum atomic E-state index is 0.437. The molecule has 0 spiro atoms. The number of aromatic nitrogens is 1. The average Bonchev–Trinajstić information content (AvgIpc) is 2.86. The zero-order valence-corrected chi connectivity index (χ0v) is 12.9. The third kappa shape index (κ3) is 3.96. The van der Waals surface area contributed by atoms with Gasteiger partial charge in [0.2, 0.25) is 0 Å². The topological polar surface area (TPSA) is 77.2 Å². The summed E-state index contributed by atoms with van der Waals surface area (Å²) in [4.78, 5) is 14.2. The number of carbonyl (C=O) groups is 1. The summed E-state index contributed by atoms with van der Waals surface area (Å²) in [6.45, 7) is 4.13. The van der Waals surface area contributed by atoms with Gasteiger partial charge in [0, 0.05) is 18.3 Å². The summed E-state index contributed by atoms with van der Waals surface area (Å²) < 4.78 is 5.20. The molecule has 0 radical (unpaired) electrons. The Morgan fingerprint density at radius 2 is 2.10 bits per heavy atom. The molecule has 0 atom stereocenters. The highest BCUT2D eigenvalue weighted by atomic mass is 32.1. The summed E-state index contributed by atoms with van der Waals surface area (Å²) in [5.74, 6) is 0.935. The fraction of sp³-hybridized carbons (Fsp3) is 0.286. The standard InChI is InChI=1S/C10H15NO.C4H4N2OS/c1-7-5-6-9(12-4)8(2)10(7)11-3;5-4-6-1-3(2-7)8-4/h5-6,11H,1-4H3;1-2H,(H2,5,6). The Hall–Kier alpha value is -2.08. The van der Waals surface area contributed by atoms with Gasteiger partial charge in [0.15, 0.2) is 11.4 Å². The first kappa shape index (κ1) is 16.0. The highest BCUT2D eigenvalue weighted by molar-refractivity contribution is 7.16. The SMILES string of the molecule is CNc1c(C)ccc(OC)c1C.Nc1ncc(C=O)s1. The Morgan fingerprint density at radius 1 is 1.40 bits per heavy atom. The number of methoxy groups -OCH3 is 1. The van der Waals surface area contributed by atoms with Crippen LogP contribution >= 0.6 is 11.3 Å². The summed E-state index contributed by atoms with van der Waals surface area (Å²) >= 11 is 1.19. The number of hydrogen-bond donors (Lipinski definition) is 2. The van der Waals surface area contributed by atoms with E-state index in [1.807, 2.05) is 13.1 Å². The Morgan fingerprint density at radius 3 is 2.50 bits per heavy atom. The van der Waals surface area contributed by atoms with Crippen molar-refractivity contribution in [2.24, 2.45) is 0 Å². The summed E-state index contributed by atoms with van der Waals surface area (Å²) in [5.41, 5.74) is 8.78. The molecule has 0 saturated carbocycles. The lowest BCUT2D eigenvalue weighted by Gasteiger charge is -2.12. The van der Waals surface area contributed by atoms with Crippen LogP contribution in [0.4, 0.5) is 10.8 Å². The fourth-order valence-corrected chi connectivity index (χ4v) is 2.29. The van der Waals surface area contributed by atoms with E-state index in [0.717, 1.165) is 17.7 Å². The number of benzene rings is 1. The van der Waals surface area contributed by atoms with Crippen molar-refractivity contribution in [1.82, 2.24) is 4.98 Å². The van der Waals surface area contributed by atoms with E-state index in [1.165, 1.54) is 28.7 Å². The van der Waals surface area contributed by atoms with Crippen molar-refractivity contribution in [3.8, 4) is 5.75 Å². The number of nitrogen functional groups attached to an aromatic ring is 1. The number of hydrogen-bond acceptors (Lipinski definition) is 6. The third-order valence-corrected chi connectivity index (χ3v) is 3.50. The number of nitrogens with zero attached hydrogens (tertiary/aromatic N) is 1. The Kier molecular flexibility index (Phi) is 5.99. The second-order valence-corrected chi connectivity index (χ2v) is 5.15. The van der Waals surface area contributed by atoms with Gasteiger partial charge >= 0.3 is 0 Å². The molecule has 2 rings (SSSR count). The Balaban J connectivity index is 0.000000217. The molecular formula is C14H19N3O2S. The lowest BCUT2D eigenvalue weighted by Crippen LogP contribution is -1.97. The van der Waals surface area contributed by atoms with Crippen LogP contribution < -0.4 is 15.8 Å². The molecule has 0 amide bonds. The molecule has 5 nitrogen and oxygen atoms in total. The van der Waals surface area contributed by atoms with Crippen LogP contribution in [0.1, 0.15) is 20.8 Å². The van der Waals surface area contributed by atoms with Gasteiger partial charge in [0.25, 0.3) is 0 Å². The molecule has 0 aliphatic rings. The van der Waals surface area contributed by atoms with Gasteiger partial charge < -0.3 is 15.8 Å². The molecule has 108 valence electrons. The quantitative estimate of drug-likeness (QED) is 0.851. The van der Waals surface area contributed by atoms with Gasteiger partial charge in [-0.25, -0.2) is 4.98 Å². The number of anilines is 2. The predicted molar refractivity (Wildman–Crippen MR) is 83.9 cm³/mol. The zero-order valence-electron chi connectivity index (χ0n) is 12.1. The maximum atomic E-state index is 9.93. The van der Waals surface area contributed by atoms with Crippen LogP contribution in [-0.2, 0) is 0 Å². The minimum Gasteiger partial charge on any atom is -0.496 e. The van der Waals surface area contributed by atoms with Crippen LogP contribution in [0.15, 0.2) is 18.3 Å². The minimum absolute atomic E-state index is 0.437. The third-order valence-electron chi connectivity index (χ3n) is 2.75. The smallest absolute Gasteiger partial charge is 0.180 e. The summed E-state index contributed by atoms with van der Waals surface area (Å²) in [6.07, 6.45) is 2.18. The first-order valence-corrected chi connectivity index (χ1v) is 6.83. The van der Waals surface area contributed by atoms with Crippen LogP contribution in [0, 0.1) is 13.8 Å². The van der Waals surface area contributed by atoms with Crippen LogP contribution in [0.3, 0.4) is 0 Å². The predicted octanol–water partition coefficient (Wildman–Crippen LogP) is 2.89. The molecule has 0 unspecified atom stereocenters. The van der Waals surface area contributed by atoms with Gasteiger partial charge in [-0.1, -0.05) is 17.4 Å². The average molecular weight is 293 g/mol. The molecule has 0 bridgehead atoms. The van der Waals surface area contributed by atoms with Gasteiger partial charge in [0.05, 0.1) is 18.2 Å². The van der Waals surface area contributed by atoms with Gasteiger partial charge in [-0.15, -0.1) is 0 Å². The molecule has 20 heavy (non-hydrogen) atoms. The van der Waals surface area contributed by atoms with E-state index in [4.69, 9.17) is 10.5 Å². The summed E-state index contributed by atoms with van der Waals surface area (Å²) in [7, 11) is 3.62. The molecule has 1 aromatic carbocycles. The van der Waals surface area contributed by atoms with Crippen molar-refractivity contribution in [3.05, 3.63) is 34.3 Å². The highest BCUT2D eigenvalue weighted by Crippen LogP contribution is 2.27. The van der Waals surface area contributed by atoms with Gasteiger partial charge in [-0.2, -0.15) is 0 Å². The van der Waals surface area contributed by atoms with E-state index in [1.54, 1.807) is 7.11 Å². The van der Waals surface area contributed by atoms with Crippen LogP contribution in [-0.4, -0.2) is 25.4 Å². The lowest BCUT2D eigenvalue weighted by molar-refractivity contribution is 0.112. The summed E-state index contributed by atoms with van der Waals surface area (Å²) in [6, 6.07) is 4.04. The molecule has 0 aliphatic carbocycles. The van der Waals surface area contributed by atoms with E-state index < -0.39 is 0 Å². The lowest BCUT2D eigenvalue weighted by atomic mass is 10.1. The monoisotopic (exact) mass is 293 g/mol. The normalized spacial score (nSPS) is 9.40. The molecule has 3 N–H and O–H groups in total. The first-order valence-electron chi connectivity index (χ1n) is 6.01. The van der Waals surface area contributed by atoms with Crippen LogP contribution in [0.5, 0.6) is 5.75 Å². The van der Waals surface area contributed by atoms with Gasteiger partial charge in [0.1, 0.15) is 5.75 Å². The molecular weight excluding hydrogens is 274 g/mol. The first-order chi connectivity index (χ1) is 9.53. The zero-order chi connectivity index (χ0) is 15.1. The number of aldehydes is 1. The number of rotatable bonds is 3. The fourth-order valence-electron chi connectivity index (χ4n) is 1.79. The molecule has 1 aromatic heterocycles. The van der Waals surface area contributed by atoms with E-state index >= 15 is 0 Å². The molecule has 1 heterocycles. The number of nitrogens with one attached hydrogen (secondary N) is 1. The van der Waals surface area contributed by atoms with Crippen LogP contribution in [0.25, 0.3) is 0 Å². The van der Waals surface area contributed by atoms with Crippen molar-refractivity contribution in [2.75, 3.05) is 25.2 Å². The number of ether oxygens (including phenoxy) is 1. The second-order valence-electron chi connectivity index (χ2n) is 4.05. The number of thiazole rings is 1. The molecule has 0 saturated heterocycles. The molecule has 6 heteroatoms. The van der Waals surface area contributed by atoms with Crippen molar-refractivity contribution < 1.29 is 9.53 Å². The Bertz CT molecular complexity index is 582. The summed E-state index contributed by atoms with van der Waals surface area (Å²) in [5, 5.41) is 3.60. The largest absolute Gasteiger partial charge is 0.496 e. The van der Waals surface area contributed by atoms with E-state index in [2.05, 4.69) is 30.2 Å². The van der Waals surface area contributed by atoms with Crippen molar-refractivity contribution in [1.29, 1.82) is 0 Å². The van der Waals surface area contributed by atoms with Crippen molar-refractivity contribution >= 4 is 28.4 Å². The Labute approximate surface area is 122 Å². The molecule has 2 aromatic rings. The maximum absolute atomic E-state index is 9.93. The van der Waals surface area contributed by atoms with Crippen LogP contribution in [0.2, 0.25) is 0 Å². The van der Waals surface area contributed by atoms with E-state index in [9.17, 15) is 4.79 Å². The second kappa shape index (κ2) is 7.49. The van der Waals surface area contributed by atoms with Gasteiger partial charge in [-0.05, 0) is 25.5 Å². The highest BCUT2D eigenvalue weighted by Gasteiger charge is 2.04. The number of carbonyl (C=O) groups excluding carboxylic acids is 1. The maximum Gasteiger partial charge on any atom is 0.180 e. The van der Waals surface area contributed by atoms with E-state index in [-0.39, 0.29) is 0 Å². The van der Waals surface area contributed by atoms with Crippen molar-refractivity contribution in [3.63, 3.8) is 0 Å². The van der Waals surface area contributed by atoms with Gasteiger partial charge in [-0.3, -0.25) is 4.79 Å². The number of aryl methyl sites for hydroxylation is 1. The molecule has 0 aliphatic heterocycles. The molecule has 0 fully saturated rings. The van der Waals surface area contributed by atoms with E-state index in [0.29, 0.717) is 10.0 Å². The van der Waals surface area contributed by atoms with Crippen molar-refractivity contribution in [2.45, 2.75) is 13.8 Å².